The number of carbonyl (C=O) groups excluding carboxylic acids is 1. The number of rotatable bonds is 3. The van der Waals surface area contributed by atoms with Crippen molar-refractivity contribution in [1.82, 2.24) is 15.1 Å². The number of nitrogens with one attached hydrogen (secondary N) is 1. The van der Waals surface area contributed by atoms with Crippen molar-refractivity contribution in [3.05, 3.63) is 0 Å². The summed E-state index contributed by atoms with van der Waals surface area (Å²) < 4.78 is 0. The van der Waals surface area contributed by atoms with Gasteiger partial charge in [-0.25, -0.2) is 4.79 Å². The van der Waals surface area contributed by atoms with E-state index in [-0.39, 0.29) is 6.03 Å². The molecule has 2 aliphatic rings. The number of carbonyl (C=O) groups is 1. The zero-order chi connectivity index (χ0) is 10.2. The molecule has 0 atom stereocenters. The standard InChI is InChI=1S/C9H17N3O2/c1-9(14)6-11(7-9)4-5-12-3-2-10-8(12)13/h14H,2-7H2,1H3,(H,10,13). The van der Waals surface area contributed by atoms with Crippen molar-refractivity contribution in [3.8, 4) is 0 Å². The summed E-state index contributed by atoms with van der Waals surface area (Å²) in [6.45, 7) is 6.49. The van der Waals surface area contributed by atoms with E-state index in [4.69, 9.17) is 0 Å². The molecule has 5 nitrogen and oxygen atoms in total. The first-order valence-electron chi connectivity index (χ1n) is 5.04. The molecule has 0 aromatic rings. The Morgan fingerprint density at radius 2 is 2.21 bits per heavy atom. The first-order chi connectivity index (χ1) is 6.57. The van der Waals surface area contributed by atoms with Gasteiger partial charge in [-0.15, -0.1) is 0 Å². The van der Waals surface area contributed by atoms with Crippen LogP contribution in [0, 0.1) is 0 Å². The fourth-order valence-corrected chi connectivity index (χ4v) is 2.06. The van der Waals surface area contributed by atoms with Gasteiger partial charge in [0.1, 0.15) is 0 Å². The van der Waals surface area contributed by atoms with E-state index in [9.17, 15) is 9.90 Å². The van der Waals surface area contributed by atoms with Crippen molar-refractivity contribution in [1.29, 1.82) is 0 Å². The van der Waals surface area contributed by atoms with Gasteiger partial charge in [0.05, 0.1) is 5.60 Å². The molecule has 80 valence electrons. The normalized spacial score (nSPS) is 26.1. The lowest BCUT2D eigenvalue weighted by Crippen LogP contribution is -2.61. The molecule has 2 fully saturated rings. The summed E-state index contributed by atoms with van der Waals surface area (Å²) >= 11 is 0. The monoisotopic (exact) mass is 199 g/mol. The van der Waals surface area contributed by atoms with Crippen molar-refractivity contribution < 1.29 is 9.90 Å². The molecule has 0 saturated carbocycles. The number of likely N-dealkylation sites (tertiary alicyclic amines) is 1. The molecule has 2 aliphatic heterocycles. The summed E-state index contributed by atoms with van der Waals surface area (Å²) in [6, 6.07) is 0.0392. The average molecular weight is 199 g/mol. The second-order valence-corrected chi connectivity index (χ2v) is 4.43. The number of hydrogen-bond acceptors (Lipinski definition) is 3. The van der Waals surface area contributed by atoms with Crippen LogP contribution in [0.5, 0.6) is 0 Å². The Labute approximate surface area is 83.7 Å². The Kier molecular flexibility index (Phi) is 2.36. The lowest BCUT2D eigenvalue weighted by molar-refractivity contribution is -0.0838. The van der Waals surface area contributed by atoms with E-state index in [1.165, 1.54) is 0 Å². The number of urea groups is 1. The number of aliphatic hydroxyl groups is 1. The van der Waals surface area contributed by atoms with E-state index in [0.29, 0.717) is 0 Å². The third-order valence-corrected chi connectivity index (χ3v) is 2.76. The molecule has 2 amide bonds. The maximum absolute atomic E-state index is 11.2. The van der Waals surface area contributed by atoms with Crippen LogP contribution in [0.15, 0.2) is 0 Å². The first-order valence-corrected chi connectivity index (χ1v) is 5.04. The third kappa shape index (κ3) is 1.99. The summed E-state index contributed by atoms with van der Waals surface area (Å²) in [6.07, 6.45) is 0. The number of amides is 2. The molecule has 2 heterocycles. The maximum atomic E-state index is 11.2. The molecule has 2 rings (SSSR count). The van der Waals surface area contributed by atoms with Crippen LogP contribution in [0.4, 0.5) is 4.79 Å². The summed E-state index contributed by atoms with van der Waals surface area (Å²) in [5.41, 5.74) is -0.507. The van der Waals surface area contributed by atoms with Gasteiger partial charge in [0, 0.05) is 39.3 Å². The van der Waals surface area contributed by atoms with E-state index >= 15 is 0 Å². The minimum absolute atomic E-state index is 0.0392. The van der Waals surface area contributed by atoms with Crippen LogP contribution in [0.1, 0.15) is 6.92 Å². The van der Waals surface area contributed by atoms with Crippen molar-refractivity contribution in [2.45, 2.75) is 12.5 Å². The van der Waals surface area contributed by atoms with Gasteiger partial charge in [0.2, 0.25) is 0 Å². The molecule has 0 spiro atoms. The van der Waals surface area contributed by atoms with Gasteiger partial charge in [-0.2, -0.15) is 0 Å². The van der Waals surface area contributed by atoms with Crippen LogP contribution in [0.2, 0.25) is 0 Å². The Morgan fingerprint density at radius 3 is 2.71 bits per heavy atom. The third-order valence-electron chi connectivity index (χ3n) is 2.76. The molecule has 0 aliphatic carbocycles. The number of nitrogens with zero attached hydrogens (tertiary/aromatic N) is 2. The molecular weight excluding hydrogens is 182 g/mol. The zero-order valence-electron chi connectivity index (χ0n) is 8.49. The summed E-state index contributed by atoms with van der Waals surface area (Å²) in [5, 5.41) is 12.3. The smallest absolute Gasteiger partial charge is 0.317 e. The largest absolute Gasteiger partial charge is 0.388 e. The molecule has 2 saturated heterocycles. The van der Waals surface area contributed by atoms with Gasteiger partial charge in [0.25, 0.3) is 0 Å². The van der Waals surface area contributed by atoms with Crippen LogP contribution in [0.25, 0.3) is 0 Å². The lowest BCUT2D eigenvalue weighted by Gasteiger charge is -2.44. The van der Waals surface area contributed by atoms with E-state index < -0.39 is 5.60 Å². The van der Waals surface area contributed by atoms with E-state index in [1.54, 1.807) is 0 Å². The molecular formula is C9H17N3O2. The van der Waals surface area contributed by atoms with Crippen LogP contribution in [0.3, 0.4) is 0 Å². The van der Waals surface area contributed by atoms with Gasteiger partial charge in [-0.05, 0) is 6.92 Å². The predicted octanol–water partition coefficient (Wildman–Crippen LogP) is -0.922. The van der Waals surface area contributed by atoms with Gasteiger partial charge in [-0.3, -0.25) is 4.90 Å². The van der Waals surface area contributed by atoms with Gasteiger partial charge < -0.3 is 15.3 Å². The van der Waals surface area contributed by atoms with Crippen LogP contribution < -0.4 is 5.32 Å². The predicted molar refractivity (Wildman–Crippen MR) is 52.0 cm³/mol. The molecule has 0 unspecified atom stereocenters. The van der Waals surface area contributed by atoms with E-state index in [1.807, 2.05) is 11.8 Å². The highest BCUT2D eigenvalue weighted by Crippen LogP contribution is 2.18. The zero-order valence-corrected chi connectivity index (χ0v) is 8.49. The average Bonchev–Trinajstić information content (AvgIpc) is 2.44. The molecule has 0 aromatic carbocycles. The highest BCUT2D eigenvalue weighted by atomic mass is 16.3. The summed E-state index contributed by atoms with van der Waals surface area (Å²) in [4.78, 5) is 15.1. The maximum Gasteiger partial charge on any atom is 0.317 e. The molecule has 0 aromatic heterocycles. The number of β-amino-alcohol motifs (C(OH)–C–C–N with tert-alkyl or cyclic N) is 1. The summed E-state index contributed by atoms with van der Waals surface area (Å²) in [7, 11) is 0. The molecule has 2 N–H and O–H groups in total. The molecule has 0 radical (unpaired) electrons. The quantitative estimate of drug-likeness (QED) is 0.618. The van der Waals surface area contributed by atoms with Crippen molar-refractivity contribution in [2.75, 3.05) is 39.3 Å². The van der Waals surface area contributed by atoms with Crippen molar-refractivity contribution in [2.24, 2.45) is 0 Å². The molecule has 5 heteroatoms. The first kappa shape index (κ1) is 9.73. The second-order valence-electron chi connectivity index (χ2n) is 4.43. The second kappa shape index (κ2) is 3.40. The van der Waals surface area contributed by atoms with Crippen LogP contribution in [-0.4, -0.2) is 65.8 Å². The van der Waals surface area contributed by atoms with Crippen LogP contribution in [-0.2, 0) is 0 Å². The van der Waals surface area contributed by atoms with Crippen LogP contribution >= 0.6 is 0 Å². The Bertz CT molecular complexity index is 234. The Hall–Kier alpha value is -0.810. The number of hydrogen-bond donors (Lipinski definition) is 2. The minimum Gasteiger partial charge on any atom is -0.388 e. The SMILES string of the molecule is CC1(O)CN(CCN2CCNC2=O)C1. The lowest BCUT2D eigenvalue weighted by atomic mass is 9.97. The highest BCUT2D eigenvalue weighted by Gasteiger charge is 2.36. The van der Waals surface area contributed by atoms with Gasteiger partial charge in [0.15, 0.2) is 0 Å². The van der Waals surface area contributed by atoms with E-state index in [2.05, 4.69) is 10.2 Å². The van der Waals surface area contributed by atoms with Crippen molar-refractivity contribution in [3.63, 3.8) is 0 Å². The highest BCUT2D eigenvalue weighted by molar-refractivity contribution is 5.76. The van der Waals surface area contributed by atoms with Gasteiger partial charge in [-0.1, -0.05) is 0 Å². The molecule has 14 heavy (non-hydrogen) atoms. The summed E-state index contributed by atoms with van der Waals surface area (Å²) in [5.74, 6) is 0. The Morgan fingerprint density at radius 1 is 1.50 bits per heavy atom. The fraction of sp³-hybridized carbons (Fsp3) is 0.889. The van der Waals surface area contributed by atoms with Gasteiger partial charge >= 0.3 is 6.03 Å². The molecule has 0 bridgehead atoms. The minimum atomic E-state index is -0.507. The van der Waals surface area contributed by atoms with Crippen molar-refractivity contribution >= 4 is 6.03 Å². The van der Waals surface area contributed by atoms with E-state index in [0.717, 1.165) is 39.3 Å². The fourth-order valence-electron chi connectivity index (χ4n) is 2.06. The Balaban J connectivity index is 1.66. The topological polar surface area (TPSA) is 55.8 Å².